The molecule has 0 aliphatic carbocycles. The number of hydrogen-bond donors (Lipinski definition) is 1. The first-order valence-corrected chi connectivity index (χ1v) is 4.58. The maximum absolute atomic E-state index is 8.87. The molecule has 15 heavy (non-hydrogen) atoms. The predicted molar refractivity (Wildman–Crippen MR) is 58.0 cm³/mol. The average molecular weight is 198 g/mol. The number of anilines is 1. The number of nitrogens with two attached hydrogens (primary N) is 1. The van der Waals surface area contributed by atoms with Gasteiger partial charge in [-0.2, -0.15) is 5.26 Å². The van der Waals surface area contributed by atoms with Gasteiger partial charge in [-0.1, -0.05) is 30.3 Å². The molecule has 0 aliphatic rings. The van der Waals surface area contributed by atoms with Crippen LogP contribution in [0.2, 0.25) is 0 Å². The minimum absolute atomic E-state index is 0.189. The molecule has 0 saturated heterocycles. The molecule has 3 heteroatoms. The fourth-order valence-corrected chi connectivity index (χ4v) is 1.54. The van der Waals surface area contributed by atoms with Gasteiger partial charge in [0.15, 0.2) is 0 Å². The van der Waals surface area contributed by atoms with Gasteiger partial charge in [0.05, 0.1) is 0 Å². The van der Waals surface area contributed by atoms with Crippen molar-refractivity contribution >= 4 is 5.88 Å². The first-order valence-electron chi connectivity index (χ1n) is 4.58. The summed E-state index contributed by atoms with van der Waals surface area (Å²) < 4.78 is 5.38. The molecule has 3 nitrogen and oxygen atoms in total. The van der Waals surface area contributed by atoms with E-state index in [1.54, 1.807) is 0 Å². The van der Waals surface area contributed by atoms with Gasteiger partial charge in [-0.25, -0.2) is 0 Å². The quantitative estimate of drug-likeness (QED) is 0.766. The van der Waals surface area contributed by atoms with Gasteiger partial charge in [-0.15, -0.1) is 0 Å². The third kappa shape index (κ3) is 1.46. The molecule has 2 N–H and O–H groups in total. The molecule has 0 atom stereocenters. The number of furan rings is 1. The number of benzene rings is 1. The van der Waals surface area contributed by atoms with E-state index >= 15 is 0 Å². The van der Waals surface area contributed by atoms with E-state index in [-0.39, 0.29) is 5.88 Å². The monoisotopic (exact) mass is 198 g/mol. The summed E-state index contributed by atoms with van der Waals surface area (Å²) in [5, 5.41) is 8.87. The van der Waals surface area contributed by atoms with E-state index in [9.17, 15) is 0 Å². The number of rotatable bonds is 1. The molecule has 0 saturated carbocycles. The fraction of sp³-hybridized carbons (Fsp3) is 0.0833. The highest BCUT2D eigenvalue weighted by atomic mass is 16.4. The van der Waals surface area contributed by atoms with Crippen molar-refractivity contribution in [1.82, 2.24) is 0 Å². The van der Waals surface area contributed by atoms with Crippen molar-refractivity contribution in [2.24, 2.45) is 0 Å². The van der Waals surface area contributed by atoms with Gasteiger partial charge >= 0.3 is 0 Å². The molecule has 1 heterocycles. The van der Waals surface area contributed by atoms with Crippen LogP contribution in [0.15, 0.2) is 34.7 Å². The second kappa shape index (κ2) is 3.50. The topological polar surface area (TPSA) is 62.9 Å². The summed E-state index contributed by atoms with van der Waals surface area (Å²) in [5.74, 6) is 0.860. The third-order valence-corrected chi connectivity index (χ3v) is 2.32. The maximum Gasteiger partial charge on any atom is 0.209 e. The summed E-state index contributed by atoms with van der Waals surface area (Å²) >= 11 is 0. The number of nitriles is 1. The lowest BCUT2D eigenvalue weighted by molar-refractivity contribution is 0.600. The normalized spacial score (nSPS) is 9.87. The highest BCUT2D eigenvalue weighted by Crippen LogP contribution is 2.31. The first kappa shape index (κ1) is 9.35. The van der Waals surface area contributed by atoms with Crippen LogP contribution in [0.25, 0.3) is 11.3 Å². The Balaban J connectivity index is 2.62. The lowest BCUT2D eigenvalue weighted by Gasteiger charge is -1.96. The van der Waals surface area contributed by atoms with Crippen molar-refractivity contribution in [3.63, 3.8) is 0 Å². The van der Waals surface area contributed by atoms with Crippen molar-refractivity contribution in [3.05, 3.63) is 41.5 Å². The molecular formula is C12H10N2O. The second-order valence-electron chi connectivity index (χ2n) is 3.27. The van der Waals surface area contributed by atoms with Crippen LogP contribution >= 0.6 is 0 Å². The minimum Gasteiger partial charge on any atom is -0.439 e. The average Bonchev–Trinajstić information content (AvgIpc) is 2.55. The van der Waals surface area contributed by atoms with Crippen molar-refractivity contribution < 1.29 is 4.42 Å². The first-order chi connectivity index (χ1) is 7.24. The Bertz CT molecular complexity index is 521. The van der Waals surface area contributed by atoms with Crippen molar-refractivity contribution in [3.8, 4) is 17.4 Å². The van der Waals surface area contributed by atoms with Gasteiger partial charge in [0, 0.05) is 11.1 Å². The van der Waals surface area contributed by atoms with Crippen LogP contribution in [-0.4, -0.2) is 0 Å². The standard InChI is InChI=1S/C12H10N2O/c1-8-10(7-13)12(14)15-11(8)9-5-3-2-4-6-9/h2-6H,14H2,1H3. The third-order valence-electron chi connectivity index (χ3n) is 2.32. The number of nitrogens with zero attached hydrogens (tertiary/aromatic N) is 1. The molecular weight excluding hydrogens is 188 g/mol. The Hall–Kier alpha value is -2.21. The summed E-state index contributed by atoms with van der Waals surface area (Å²) in [6.45, 7) is 1.83. The van der Waals surface area contributed by atoms with E-state index < -0.39 is 0 Å². The summed E-state index contributed by atoms with van der Waals surface area (Å²) in [4.78, 5) is 0. The van der Waals surface area contributed by atoms with Gasteiger partial charge in [-0.3, -0.25) is 0 Å². The van der Waals surface area contributed by atoms with Crippen LogP contribution in [0, 0.1) is 18.3 Å². The van der Waals surface area contributed by atoms with Crippen LogP contribution in [0.4, 0.5) is 5.88 Å². The summed E-state index contributed by atoms with van der Waals surface area (Å²) in [5.41, 5.74) is 7.75. The Morgan fingerprint density at radius 3 is 2.47 bits per heavy atom. The molecule has 74 valence electrons. The molecule has 0 amide bonds. The Morgan fingerprint density at radius 2 is 1.93 bits per heavy atom. The van der Waals surface area contributed by atoms with Gasteiger partial charge in [-0.05, 0) is 6.92 Å². The molecule has 2 aromatic rings. The summed E-state index contributed by atoms with van der Waals surface area (Å²) in [6.07, 6.45) is 0. The molecule has 1 aromatic carbocycles. The zero-order chi connectivity index (χ0) is 10.8. The fourth-order valence-electron chi connectivity index (χ4n) is 1.54. The molecule has 0 spiro atoms. The number of hydrogen-bond acceptors (Lipinski definition) is 3. The second-order valence-corrected chi connectivity index (χ2v) is 3.27. The lowest BCUT2D eigenvalue weighted by atomic mass is 10.1. The number of nitrogen functional groups attached to an aromatic ring is 1. The van der Waals surface area contributed by atoms with Gasteiger partial charge in [0.2, 0.25) is 5.88 Å². The Kier molecular flexibility index (Phi) is 2.18. The Labute approximate surface area is 87.7 Å². The van der Waals surface area contributed by atoms with Gasteiger partial charge in [0.25, 0.3) is 0 Å². The smallest absolute Gasteiger partial charge is 0.209 e. The zero-order valence-corrected chi connectivity index (χ0v) is 8.32. The highest BCUT2D eigenvalue weighted by molar-refractivity contribution is 5.69. The Morgan fingerprint density at radius 1 is 1.27 bits per heavy atom. The van der Waals surface area contributed by atoms with E-state index in [0.29, 0.717) is 11.3 Å². The molecule has 0 radical (unpaired) electrons. The van der Waals surface area contributed by atoms with E-state index in [4.69, 9.17) is 15.4 Å². The van der Waals surface area contributed by atoms with Crippen molar-refractivity contribution in [1.29, 1.82) is 5.26 Å². The van der Waals surface area contributed by atoms with Crippen LogP contribution in [0.1, 0.15) is 11.1 Å². The van der Waals surface area contributed by atoms with Crippen molar-refractivity contribution in [2.45, 2.75) is 6.92 Å². The maximum atomic E-state index is 8.87. The molecule has 2 rings (SSSR count). The summed E-state index contributed by atoms with van der Waals surface area (Å²) in [7, 11) is 0. The molecule has 0 aliphatic heterocycles. The van der Waals surface area contributed by atoms with E-state index in [1.165, 1.54) is 0 Å². The van der Waals surface area contributed by atoms with Gasteiger partial charge in [0.1, 0.15) is 17.4 Å². The van der Waals surface area contributed by atoms with Crippen LogP contribution in [0.5, 0.6) is 0 Å². The van der Waals surface area contributed by atoms with Crippen LogP contribution < -0.4 is 5.73 Å². The van der Waals surface area contributed by atoms with Crippen LogP contribution in [0.3, 0.4) is 0 Å². The summed E-state index contributed by atoms with van der Waals surface area (Å²) in [6, 6.07) is 11.6. The largest absolute Gasteiger partial charge is 0.439 e. The van der Waals surface area contributed by atoms with E-state index in [2.05, 4.69) is 0 Å². The van der Waals surface area contributed by atoms with Gasteiger partial charge < -0.3 is 10.2 Å². The lowest BCUT2D eigenvalue weighted by Crippen LogP contribution is -1.84. The van der Waals surface area contributed by atoms with E-state index in [1.807, 2.05) is 43.3 Å². The molecule has 0 fully saturated rings. The van der Waals surface area contributed by atoms with Crippen LogP contribution in [-0.2, 0) is 0 Å². The highest BCUT2D eigenvalue weighted by Gasteiger charge is 2.15. The molecule has 0 unspecified atom stereocenters. The molecule has 0 bridgehead atoms. The van der Waals surface area contributed by atoms with E-state index in [0.717, 1.165) is 11.1 Å². The zero-order valence-electron chi connectivity index (χ0n) is 8.32. The van der Waals surface area contributed by atoms with Crippen molar-refractivity contribution in [2.75, 3.05) is 5.73 Å². The molecule has 1 aromatic heterocycles. The minimum atomic E-state index is 0.189. The SMILES string of the molecule is Cc1c(-c2ccccc2)oc(N)c1C#N. The predicted octanol–water partition coefficient (Wildman–Crippen LogP) is 2.71.